The SMILES string of the molecule is Cc1cccc(N2CCN(C(=O)Cn3c(-c4cccs4)cc4cc(Cl)ccc43)CC2C)c1. The van der Waals surface area contributed by atoms with E-state index < -0.39 is 0 Å². The van der Waals surface area contributed by atoms with Crippen LogP contribution >= 0.6 is 22.9 Å². The van der Waals surface area contributed by atoms with Gasteiger partial charge in [0.15, 0.2) is 0 Å². The Labute approximate surface area is 197 Å². The quantitative estimate of drug-likeness (QED) is 0.367. The Balaban J connectivity index is 1.38. The highest BCUT2D eigenvalue weighted by Gasteiger charge is 2.27. The van der Waals surface area contributed by atoms with Crippen LogP contribution < -0.4 is 4.90 Å². The summed E-state index contributed by atoms with van der Waals surface area (Å²) in [5, 5.41) is 3.84. The summed E-state index contributed by atoms with van der Waals surface area (Å²) in [5.41, 5.74) is 4.60. The lowest BCUT2D eigenvalue weighted by Gasteiger charge is -2.41. The highest BCUT2D eigenvalue weighted by Crippen LogP contribution is 2.33. The van der Waals surface area contributed by atoms with Gasteiger partial charge in [-0.15, -0.1) is 11.3 Å². The molecule has 1 amide bonds. The van der Waals surface area contributed by atoms with Gasteiger partial charge in [0.25, 0.3) is 0 Å². The molecule has 1 unspecified atom stereocenters. The van der Waals surface area contributed by atoms with E-state index in [0.717, 1.165) is 41.1 Å². The third-order valence-electron chi connectivity index (χ3n) is 6.24. The summed E-state index contributed by atoms with van der Waals surface area (Å²) in [4.78, 5) is 19.0. The summed E-state index contributed by atoms with van der Waals surface area (Å²) in [6.07, 6.45) is 0. The second-order valence-electron chi connectivity index (χ2n) is 8.52. The molecule has 3 heterocycles. The van der Waals surface area contributed by atoms with E-state index in [9.17, 15) is 4.79 Å². The van der Waals surface area contributed by atoms with Crippen molar-refractivity contribution in [1.29, 1.82) is 0 Å². The molecule has 0 bridgehead atoms. The van der Waals surface area contributed by atoms with Crippen molar-refractivity contribution in [3.8, 4) is 10.6 Å². The zero-order valence-corrected chi connectivity index (χ0v) is 19.9. The number of aryl methyl sites for hydroxylation is 1. The molecule has 32 heavy (non-hydrogen) atoms. The molecule has 4 nitrogen and oxygen atoms in total. The number of piperazine rings is 1. The molecule has 2 aromatic heterocycles. The fourth-order valence-electron chi connectivity index (χ4n) is 4.65. The van der Waals surface area contributed by atoms with E-state index >= 15 is 0 Å². The lowest BCUT2D eigenvalue weighted by Crippen LogP contribution is -2.54. The maximum absolute atomic E-state index is 13.4. The minimum Gasteiger partial charge on any atom is -0.365 e. The van der Waals surface area contributed by atoms with Crippen molar-refractivity contribution in [3.05, 3.63) is 76.6 Å². The molecule has 0 spiro atoms. The second kappa shape index (κ2) is 8.64. The zero-order chi connectivity index (χ0) is 22.2. The molecule has 1 aliphatic rings. The largest absolute Gasteiger partial charge is 0.365 e. The first-order valence-electron chi connectivity index (χ1n) is 10.9. The Morgan fingerprint density at radius 3 is 2.72 bits per heavy atom. The molecule has 1 fully saturated rings. The molecule has 0 saturated carbocycles. The molecular weight excluding hydrogens is 438 g/mol. The molecule has 1 aliphatic heterocycles. The number of halogens is 1. The number of nitrogens with zero attached hydrogens (tertiary/aromatic N) is 3. The van der Waals surface area contributed by atoms with Crippen molar-refractivity contribution in [3.63, 3.8) is 0 Å². The first-order valence-corrected chi connectivity index (χ1v) is 12.2. The predicted molar refractivity (Wildman–Crippen MR) is 135 cm³/mol. The van der Waals surface area contributed by atoms with E-state index in [2.05, 4.69) is 65.1 Å². The molecule has 1 saturated heterocycles. The molecule has 5 rings (SSSR count). The Hall–Kier alpha value is -2.76. The number of benzene rings is 2. The molecule has 0 aliphatic carbocycles. The smallest absolute Gasteiger partial charge is 0.242 e. The highest BCUT2D eigenvalue weighted by atomic mass is 35.5. The van der Waals surface area contributed by atoms with Crippen molar-refractivity contribution < 1.29 is 4.79 Å². The molecule has 4 aromatic rings. The number of rotatable bonds is 4. The number of carbonyl (C=O) groups excluding carboxylic acids is 1. The number of amides is 1. The third-order valence-corrected chi connectivity index (χ3v) is 7.37. The van der Waals surface area contributed by atoms with Gasteiger partial charge < -0.3 is 14.4 Å². The summed E-state index contributed by atoms with van der Waals surface area (Å²) < 4.78 is 2.14. The molecule has 0 radical (unpaired) electrons. The Morgan fingerprint density at radius 2 is 1.97 bits per heavy atom. The number of thiophene rings is 1. The normalized spacial score (nSPS) is 16.7. The van der Waals surface area contributed by atoms with Crippen LogP contribution in [0.15, 0.2) is 66.0 Å². The van der Waals surface area contributed by atoms with Gasteiger partial charge in [-0.1, -0.05) is 29.8 Å². The maximum Gasteiger partial charge on any atom is 0.242 e. The number of aromatic nitrogens is 1. The zero-order valence-electron chi connectivity index (χ0n) is 18.3. The average Bonchev–Trinajstić information content (AvgIpc) is 3.41. The lowest BCUT2D eigenvalue weighted by atomic mass is 10.1. The second-order valence-corrected chi connectivity index (χ2v) is 9.90. The van der Waals surface area contributed by atoms with E-state index in [4.69, 9.17) is 11.6 Å². The average molecular weight is 464 g/mol. The molecule has 2 aromatic carbocycles. The lowest BCUT2D eigenvalue weighted by molar-refractivity contribution is -0.132. The van der Waals surface area contributed by atoms with Crippen LogP contribution in [-0.2, 0) is 11.3 Å². The Kier molecular flexibility index (Phi) is 5.70. The van der Waals surface area contributed by atoms with Gasteiger partial charge in [-0.05, 0) is 67.3 Å². The maximum atomic E-state index is 13.4. The van der Waals surface area contributed by atoms with Gasteiger partial charge in [-0.3, -0.25) is 4.79 Å². The van der Waals surface area contributed by atoms with Gasteiger partial charge >= 0.3 is 0 Å². The van der Waals surface area contributed by atoms with Crippen molar-refractivity contribution in [2.75, 3.05) is 24.5 Å². The van der Waals surface area contributed by atoms with E-state index in [-0.39, 0.29) is 11.9 Å². The standard InChI is InChI=1S/C26H26ClN3OS/c1-18-5-3-6-22(13-18)29-11-10-28(16-19(29)2)26(31)17-30-23-9-8-21(27)14-20(23)15-24(30)25-7-4-12-32-25/h3-9,12-15,19H,10-11,16-17H2,1-2H3. The van der Waals surface area contributed by atoms with Crippen molar-refractivity contribution in [2.24, 2.45) is 0 Å². The van der Waals surface area contributed by atoms with Crippen LogP contribution in [0.2, 0.25) is 5.02 Å². The fraction of sp³-hybridized carbons (Fsp3) is 0.269. The van der Waals surface area contributed by atoms with Crippen molar-refractivity contribution in [2.45, 2.75) is 26.4 Å². The minimum atomic E-state index is 0.158. The highest BCUT2D eigenvalue weighted by molar-refractivity contribution is 7.13. The van der Waals surface area contributed by atoms with E-state index in [1.54, 1.807) is 11.3 Å². The molecule has 1 atom stereocenters. The van der Waals surface area contributed by atoms with Gasteiger partial charge in [0.05, 0.1) is 10.6 Å². The van der Waals surface area contributed by atoms with Crippen molar-refractivity contribution >= 4 is 45.4 Å². The number of fused-ring (bicyclic) bond motifs is 1. The topological polar surface area (TPSA) is 28.5 Å². The number of carbonyl (C=O) groups is 1. The predicted octanol–water partition coefficient (Wildman–Crippen LogP) is 6.07. The number of anilines is 1. The van der Waals surface area contributed by atoms with Gasteiger partial charge in [0.1, 0.15) is 6.54 Å². The summed E-state index contributed by atoms with van der Waals surface area (Å²) in [6, 6.07) is 21.0. The molecule has 0 N–H and O–H groups in total. The summed E-state index contributed by atoms with van der Waals surface area (Å²) in [5.74, 6) is 0.158. The van der Waals surface area contributed by atoms with Crippen LogP contribution in [0.4, 0.5) is 5.69 Å². The van der Waals surface area contributed by atoms with Crippen LogP contribution in [0.1, 0.15) is 12.5 Å². The van der Waals surface area contributed by atoms with E-state index in [0.29, 0.717) is 11.6 Å². The van der Waals surface area contributed by atoms with Crippen LogP contribution in [0.3, 0.4) is 0 Å². The van der Waals surface area contributed by atoms with Crippen LogP contribution in [0.5, 0.6) is 0 Å². The first kappa shape index (κ1) is 21.1. The molecule has 6 heteroatoms. The van der Waals surface area contributed by atoms with Gasteiger partial charge in [-0.25, -0.2) is 0 Å². The minimum absolute atomic E-state index is 0.158. The van der Waals surface area contributed by atoms with Crippen LogP contribution in [0.25, 0.3) is 21.5 Å². The molecule has 164 valence electrons. The Morgan fingerprint density at radius 1 is 1.09 bits per heavy atom. The van der Waals surface area contributed by atoms with Gasteiger partial charge in [0.2, 0.25) is 5.91 Å². The number of hydrogen-bond donors (Lipinski definition) is 0. The van der Waals surface area contributed by atoms with Gasteiger partial charge in [0, 0.05) is 47.3 Å². The van der Waals surface area contributed by atoms with E-state index in [1.165, 1.54) is 11.3 Å². The van der Waals surface area contributed by atoms with Crippen LogP contribution in [-0.4, -0.2) is 41.1 Å². The summed E-state index contributed by atoms with van der Waals surface area (Å²) in [6.45, 7) is 6.95. The first-order chi connectivity index (χ1) is 15.5. The monoisotopic (exact) mass is 463 g/mol. The van der Waals surface area contributed by atoms with Crippen LogP contribution in [0, 0.1) is 6.92 Å². The number of hydrogen-bond acceptors (Lipinski definition) is 3. The molecular formula is C26H26ClN3OS. The summed E-state index contributed by atoms with van der Waals surface area (Å²) in [7, 11) is 0. The Bertz CT molecular complexity index is 1260. The van der Waals surface area contributed by atoms with Crippen molar-refractivity contribution in [1.82, 2.24) is 9.47 Å². The summed E-state index contributed by atoms with van der Waals surface area (Å²) >= 11 is 7.92. The van der Waals surface area contributed by atoms with Gasteiger partial charge in [-0.2, -0.15) is 0 Å². The van der Waals surface area contributed by atoms with E-state index in [1.807, 2.05) is 29.2 Å². The third kappa shape index (κ3) is 4.03. The fourth-order valence-corrected chi connectivity index (χ4v) is 5.58.